The van der Waals surface area contributed by atoms with E-state index in [1.54, 1.807) is 6.07 Å². The Morgan fingerprint density at radius 2 is 1.85 bits per heavy atom. The summed E-state index contributed by atoms with van der Waals surface area (Å²) in [6.07, 6.45) is 0.771. The first kappa shape index (κ1) is 17.1. The van der Waals surface area contributed by atoms with Gasteiger partial charge in [0, 0.05) is 18.6 Å². The summed E-state index contributed by atoms with van der Waals surface area (Å²) in [6, 6.07) is 5.90. The normalized spacial score (nSPS) is 13.7. The number of sulfonamides is 1. The zero-order valence-corrected chi connectivity index (χ0v) is 13.8. The fraction of sp³-hybridized carbons (Fsp3) is 0.600. The van der Waals surface area contributed by atoms with E-state index in [1.165, 1.54) is 0 Å². The van der Waals surface area contributed by atoms with Crippen molar-refractivity contribution in [1.82, 2.24) is 10.0 Å². The molecule has 0 aliphatic rings. The van der Waals surface area contributed by atoms with E-state index in [4.69, 9.17) is 0 Å². The quantitative estimate of drug-likeness (QED) is 0.813. The SMILES string of the molecule is CCC(C)NS(=O)(=O)c1cc(CNC(C)C)ccc1C. The monoisotopic (exact) mass is 298 g/mol. The van der Waals surface area contributed by atoms with Gasteiger partial charge in [0.15, 0.2) is 0 Å². The molecule has 0 bridgehead atoms. The molecule has 1 aromatic rings. The van der Waals surface area contributed by atoms with Crippen LogP contribution in [0, 0.1) is 6.92 Å². The molecule has 0 aliphatic carbocycles. The molecule has 0 radical (unpaired) electrons. The molecule has 0 fully saturated rings. The van der Waals surface area contributed by atoms with Gasteiger partial charge in [-0.3, -0.25) is 0 Å². The van der Waals surface area contributed by atoms with Crippen LogP contribution in [0.25, 0.3) is 0 Å². The minimum Gasteiger partial charge on any atom is -0.310 e. The lowest BCUT2D eigenvalue weighted by Gasteiger charge is -2.15. The number of rotatable bonds is 7. The summed E-state index contributed by atoms with van der Waals surface area (Å²) < 4.78 is 27.5. The molecule has 1 atom stereocenters. The Morgan fingerprint density at radius 3 is 2.40 bits per heavy atom. The zero-order chi connectivity index (χ0) is 15.3. The van der Waals surface area contributed by atoms with E-state index >= 15 is 0 Å². The Hall–Kier alpha value is -0.910. The van der Waals surface area contributed by atoms with Gasteiger partial charge in [-0.1, -0.05) is 32.9 Å². The van der Waals surface area contributed by atoms with Crippen LogP contribution in [0.3, 0.4) is 0 Å². The van der Waals surface area contributed by atoms with E-state index in [1.807, 2.05) is 32.9 Å². The molecule has 114 valence electrons. The Kier molecular flexibility index (Phi) is 6.17. The van der Waals surface area contributed by atoms with Gasteiger partial charge in [0.25, 0.3) is 0 Å². The van der Waals surface area contributed by atoms with Crippen molar-refractivity contribution in [2.75, 3.05) is 0 Å². The maximum atomic E-state index is 12.4. The molecular weight excluding hydrogens is 272 g/mol. The summed E-state index contributed by atoms with van der Waals surface area (Å²) in [6.45, 7) is 10.5. The number of aryl methyl sites for hydroxylation is 1. The summed E-state index contributed by atoms with van der Waals surface area (Å²) in [5.74, 6) is 0. The molecule has 2 N–H and O–H groups in total. The fourth-order valence-corrected chi connectivity index (χ4v) is 3.40. The van der Waals surface area contributed by atoms with Crippen LogP contribution in [0.4, 0.5) is 0 Å². The first-order valence-corrected chi connectivity index (χ1v) is 8.59. The minimum atomic E-state index is -3.44. The largest absolute Gasteiger partial charge is 0.310 e. The van der Waals surface area contributed by atoms with Crippen molar-refractivity contribution in [3.05, 3.63) is 29.3 Å². The molecule has 0 saturated heterocycles. The van der Waals surface area contributed by atoms with Gasteiger partial charge in [-0.2, -0.15) is 0 Å². The van der Waals surface area contributed by atoms with Gasteiger partial charge in [-0.25, -0.2) is 13.1 Å². The summed E-state index contributed by atoms with van der Waals surface area (Å²) in [4.78, 5) is 0.376. The van der Waals surface area contributed by atoms with Crippen molar-refractivity contribution in [1.29, 1.82) is 0 Å². The highest BCUT2D eigenvalue weighted by molar-refractivity contribution is 7.89. The van der Waals surface area contributed by atoms with Crippen LogP contribution in [-0.4, -0.2) is 20.5 Å². The maximum Gasteiger partial charge on any atom is 0.241 e. The zero-order valence-electron chi connectivity index (χ0n) is 13.0. The average molecular weight is 298 g/mol. The molecule has 5 heteroatoms. The van der Waals surface area contributed by atoms with Crippen LogP contribution < -0.4 is 10.0 Å². The highest BCUT2D eigenvalue weighted by Gasteiger charge is 2.19. The van der Waals surface area contributed by atoms with E-state index in [9.17, 15) is 8.42 Å². The molecule has 0 saturated carbocycles. The number of benzene rings is 1. The highest BCUT2D eigenvalue weighted by atomic mass is 32.2. The molecule has 0 spiro atoms. The molecule has 0 amide bonds. The second kappa shape index (κ2) is 7.20. The Balaban J connectivity index is 3.01. The van der Waals surface area contributed by atoms with Gasteiger partial charge >= 0.3 is 0 Å². The minimum absolute atomic E-state index is 0.0585. The van der Waals surface area contributed by atoms with Crippen LogP contribution in [0.2, 0.25) is 0 Å². The van der Waals surface area contributed by atoms with Crippen molar-refractivity contribution in [2.24, 2.45) is 0 Å². The van der Waals surface area contributed by atoms with Crippen molar-refractivity contribution in [2.45, 2.75) is 64.6 Å². The van der Waals surface area contributed by atoms with Crippen molar-refractivity contribution < 1.29 is 8.42 Å². The second-order valence-electron chi connectivity index (χ2n) is 5.57. The summed E-state index contributed by atoms with van der Waals surface area (Å²) in [7, 11) is -3.44. The van der Waals surface area contributed by atoms with E-state index in [-0.39, 0.29) is 6.04 Å². The molecule has 1 rings (SSSR count). The topological polar surface area (TPSA) is 58.2 Å². The first-order valence-electron chi connectivity index (χ1n) is 7.11. The third-order valence-corrected chi connectivity index (χ3v) is 4.96. The Morgan fingerprint density at radius 1 is 1.20 bits per heavy atom. The van der Waals surface area contributed by atoms with Crippen LogP contribution in [0.1, 0.15) is 45.2 Å². The van der Waals surface area contributed by atoms with E-state index < -0.39 is 10.0 Å². The lowest BCUT2D eigenvalue weighted by Crippen LogP contribution is -2.32. The number of hydrogen-bond acceptors (Lipinski definition) is 3. The molecule has 20 heavy (non-hydrogen) atoms. The smallest absolute Gasteiger partial charge is 0.241 e. The van der Waals surface area contributed by atoms with E-state index in [2.05, 4.69) is 23.9 Å². The third kappa shape index (κ3) is 4.89. The molecule has 0 heterocycles. The number of hydrogen-bond donors (Lipinski definition) is 2. The lowest BCUT2D eigenvalue weighted by molar-refractivity contribution is 0.554. The van der Waals surface area contributed by atoms with Crippen molar-refractivity contribution in [3.63, 3.8) is 0 Å². The molecule has 0 aromatic heterocycles. The predicted octanol–water partition coefficient (Wildman–Crippen LogP) is 2.57. The Labute approximate surface area is 123 Å². The molecule has 1 unspecified atom stereocenters. The van der Waals surface area contributed by atoms with Gasteiger partial charge in [0.2, 0.25) is 10.0 Å². The molecular formula is C15H26N2O2S. The van der Waals surface area contributed by atoms with Gasteiger partial charge < -0.3 is 5.32 Å². The van der Waals surface area contributed by atoms with E-state index in [0.717, 1.165) is 17.5 Å². The first-order chi connectivity index (χ1) is 9.26. The summed E-state index contributed by atoms with van der Waals surface area (Å²) >= 11 is 0. The Bertz CT molecular complexity index is 539. The fourth-order valence-electron chi connectivity index (χ4n) is 1.78. The van der Waals surface area contributed by atoms with Crippen LogP contribution in [0.15, 0.2) is 23.1 Å². The standard InChI is InChI=1S/C15H26N2O2S/c1-6-13(5)17-20(18,19)15-9-14(8-7-12(15)4)10-16-11(2)3/h7-9,11,13,16-17H,6,10H2,1-5H3. The predicted molar refractivity (Wildman–Crippen MR) is 83.2 cm³/mol. The second-order valence-corrected chi connectivity index (χ2v) is 7.25. The molecule has 1 aromatic carbocycles. The van der Waals surface area contributed by atoms with Gasteiger partial charge in [0.1, 0.15) is 0 Å². The number of nitrogens with one attached hydrogen (secondary N) is 2. The van der Waals surface area contributed by atoms with Gasteiger partial charge in [-0.05, 0) is 37.5 Å². The van der Waals surface area contributed by atoms with Crippen LogP contribution >= 0.6 is 0 Å². The third-order valence-electron chi connectivity index (χ3n) is 3.23. The molecule has 4 nitrogen and oxygen atoms in total. The maximum absolute atomic E-state index is 12.4. The van der Waals surface area contributed by atoms with Crippen molar-refractivity contribution >= 4 is 10.0 Å². The van der Waals surface area contributed by atoms with E-state index in [0.29, 0.717) is 17.5 Å². The summed E-state index contributed by atoms with van der Waals surface area (Å²) in [5.41, 5.74) is 1.75. The van der Waals surface area contributed by atoms with Crippen LogP contribution in [-0.2, 0) is 16.6 Å². The molecule has 0 aliphatic heterocycles. The van der Waals surface area contributed by atoms with Gasteiger partial charge in [-0.15, -0.1) is 0 Å². The van der Waals surface area contributed by atoms with Crippen molar-refractivity contribution in [3.8, 4) is 0 Å². The highest BCUT2D eigenvalue weighted by Crippen LogP contribution is 2.18. The van der Waals surface area contributed by atoms with Gasteiger partial charge in [0.05, 0.1) is 4.90 Å². The summed E-state index contributed by atoms with van der Waals surface area (Å²) in [5, 5.41) is 3.30. The van der Waals surface area contributed by atoms with Crippen LogP contribution in [0.5, 0.6) is 0 Å². The average Bonchev–Trinajstić information content (AvgIpc) is 2.36. The lowest BCUT2D eigenvalue weighted by atomic mass is 10.1.